The average Bonchev–Trinajstić information content (AvgIpc) is 2.66. The number of aryl methyl sites for hydroxylation is 1. The Morgan fingerprint density at radius 3 is 2.46 bits per heavy atom. The lowest BCUT2D eigenvalue weighted by Gasteiger charge is -2.42. The standard InChI is InChI=1S/C21H32FN3O/c1-16(2)18-4-6-20(7-5-18)24-9-11-25(12-10-24)21(26)8-3-17-13-19(22)15-23-14-17/h13-16,18,20H,3-12H2,1-2H3. The zero-order valence-corrected chi connectivity index (χ0v) is 16.2. The summed E-state index contributed by atoms with van der Waals surface area (Å²) in [5.41, 5.74) is 0.791. The molecule has 0 aromatic carbocycles. The first-order valence-corrected chi connectivity index (χ1v) is 10.1. The second kappa shape index (κ2) is 8.94. The summed E-state index contributed by atoms with van der Waals surface area (Å²) in [5, 5.41) is 0. The van der Waals surface area contributed by atoms with Crippen LogP contribution in [-0.4, -0.2) is 52.9 Å². The van der Waals surface area contributed by atoms with E-state index in [4.69, 9.17) is 0 Å². The molecular weight excluding hydrogens is 329 g/mol. The van der Waals surface area contributed by atoms with E-state index in [-0.39, 0.29) is 11.7 Å². The van der Waals surface area contributed by atoms with E-state index in [2.05, 4.69) is 23.7 Å². The van der Waals surface area contributed by atoms with E-state index in [0.29, 0.717) is 18.9 Å². The Morgan fingerprint density at radius 2 is 1.85 bits per heavy atom. The summed E-state index contributed by atoms with van der Waals surface area (Å²) in [4.78, 5) is 20.9. The van der Waals surface area contributed by atoms with Crippen LogP contribution in [0.3, 0.4) is 0 Å². The maximum atomic E-state index is 13.2. The van der Waals surface area contributed by atoms with Gasteiger partial charge in [-0.25, -0.2) is 4.39 Å². The van der Waals surface area contributed by atoms with Gasteiger partial charge in [0.1, 0.15) is 5.82 Å². The van der Waals surface area contributed by atoms with Gasteiger partial charge in [-0.1, -0.05) is 13.8 Å². The zero-order chi connectivity index (χ0) is 18.5. The maximum absolute atomic E-state index is 13.2. The van der Waals surface area contributed by atoms with Gasteiger partial charge in [-0.15, -0.1) is 0 Å². The number of nitrogens with zero attached hydrogens (tertiary/aromatic N) is 3. The Kier molecular flexibility index (Phi) is 6.63. The number of amides is 1. The number of aromatic nitrogens is 1. The number of carbonyl (C=O) groups is 1. The third-order valence-electron chi connectivity index (χ3n) is 6.26. The van der Waals surface area contributed by atoms with Gasteiger partial charge in [0.05, 0.1) is 6.20 Å². The SMILES string of the molecule is CC(C)C1CCC(N2CCN(C(=O)CCc3cncc(F)c3)CC2)CC1. The molecule has 2 fully saturated rings. The average molecular weight is 362 g/mol. The van der Waals surface area contributed by atoms with E-state index in [1.165, 1.54) is 37.9 Å². The summed E-state index contributed by atoms with van der Waals surface area (Å²) >= 11 is 0. The smallest absolute Gasteiger partial charge is 0.222 e. The third-order valence-corrected chi connectivity index (χ3v) is 6.26. The van der Waals surface area contributed by atoms with Crippen molar-refractivity contribution in [3.05, 3.63) is 29.8 Å². The van der Waals surface area contributed by atoms with Gasteiger partial charge in [0.2, 0.25) is 5.91 Å². The molecule has 0 unspecified atom stereocenters. The molecule has 3 rings (SSSR count). The van der Waals surface area contributed by atoms with Crippen molar-refractivity contribution >= 4 is 5.91 Å². The van der Waals surface area contributed by atoms with Gasteiger partial charge in [0.25, 0.3) is 0 Å². The highest BCUT2D eigenvalue weighted by atomic mass is 19.1. The third kappa shape index (κ3) is 5.03. The predicted octanol–water partition coefficient (Wildman–Crippen LogP) is 3.51. The van der Waals surface area contributed by atoms with E-state index < -0.39 is 0 Å². The summed E-state index contributed by atoms with van der Waals surface area (Å²) in [6.45, 7) is 8.31. The summed E-state index contributed by atoms with van der Waals surface area (Å²) in [5.74, 6) is 1.54. The lowest BCUT2D eigenvalue weighted by atomic mass is 9.79. The Hall–Kier alpha value is -1.49. The molecule has 1 aliphatic heterocycles. The lowest BCUT2D eigenvalue weighted by Crippen LogP contribution is -2.52. The molecule has 5 heteroatoms. The number of piperazine rings is 1. The summed E-state index contributed by atoms with van der Waals surface area (Å²) in [6.07, 6.45) is 9.15. The van der Waals surface area contributed by atoms with Gasteiger partial charge in [0, 0.05) is 44.8 Å². The minimum atomic E-state index is -0.337. The number of rotatable bonds is 5. The molecule has 26 heavy (non-hydrogen) atoms. The van der Waals surface area contributed by atoms with Crippen molar-refractivity contribution in [1.29, 1.82) is 0 Å². The fourth-order valence-corrected chi connectivity index (χ4v) is 4.47. The first-order valence-electron chi connectivity index (χ1n) is 10.1. The second-order valence-corrected chi connectivity index (χ2v) is 8.24. The van der Waals surface area contributed by atoms with Gasteiger partial charge in [-0.2, -0.15) is 0 Å². The molecule has 2 aliphatic rings. The molecule has 0 bridgehead atoms. The van der Waals surface area contributed by atoms with E-state index in [1.807, 2.05) is 4.90 Å². The molecule has 0 spiro atoms. The summed E-state index contributed by atoms with van der Waals surface area (Å²) in [6, 6.07) is 2.17. The molecule has 4 nitrogen and oxygen atoms in total. The molecule has 1 aliphatic carbocycles. The molecule has 0 atom stereocenters. The fourth-order valence-electron chi connectivity index (χ4n) is 4.47. The van der Waals surface area contributed by atoms with Crippen LogP contribution >= 0.6 is 0 Å². The summed E-state index contributed by atoms with van der Waals surface area (Å²) < 4.78 is 13.2. The molecule has 1 aromatic rings. The number of hydrogen-bond acceptors (Lipinski definition) is 3. The van der Waals surface area contributed by atoms with Crippen LogP contribution in [0.25, 0.3) is 0 Å². The number of carbonyl (C=O) groups excluding carboxylic acids is 1. The highest BCUT2D eigenvalue weighted by molar-refractivity contribution is 5.76. The molecule has 1 saturated heterocycles. The quantitative estimate of drug-likeness (QED) is 0.805. The number of pyridine rings is 1. The highest BCUT2D eigenvalue weighted by Gasteiger charge is 2.30. The molecule has 2 heterocycles. The van der Waals surface area contributed by atoms with Gasteiger partial charge in [-0.3, -0.25) is 14.7 Å². The molecule has 0 N–H and O–H groups in total. The van der Waals surface area contributed by atoms with E-state index in [0.717, 1.165) is 43.6 Å². The van der Waals surface area contributed by atoms with Crippen molar-refractivity contribution in [2.45, 2.75) is 58.4 Å². The fraction of sp³-hybridized carbons (Fsp3) is 0.714. The molecule has 144 valence electrons. The lowest BCUT2D eigenvalue weighted by molar-refractivity contribution is -0.133. The van der Waals surface area contributed by atoms with Crippen LogP contribution in [0.2, 0.25) is 0 Å². The van der Waals surface area contributed by atoms with Gasteiger partial charge >= 0.3 is 0 Å². The Bertz CT molecular complexity index is 591. The number of halogens is 1. The Labute approximate surface area is 156 Å². The highest BCUT2D eigenvalue weighted by Crippen LogP contribution is 2.32. The van der Waals surface area contributed by atoms with E-state index in [9.17, 15) is 9.18 Å². The molecular formula is C21H32FN3O. The Balaban J connectivity index is 1.40. The molecule has 1 aromatic heterocycles. The van der Waals surface area contributed by atoms with Crippen LogP contribution in [0.1, 0.15) is 51.5 Å². The van der Waals surface area contributed by atoms with Gasteiger partial charge < -0.3 is 4.90 Å². The van der Waals surface area contributed by atoms with Crippen LogP contribution in [0.5, 0.6) is 0 Å². The first kappa shape index (κ1) is 19.3. The topological polar surface area (TPSA) is 36.4 Å². The minimum Gasteiger partial charge on any atom is -0.340 e. The van der Waals surface area contributed by atoms with Crippen LogP contribution in [0, 0.1) is 17.7 Å². The maximum Gasteiger partial charge on any atom is 0.222 e. The van der Waals surface area contributed by atoms with Crippen molar-refractivity contribution < 1.29 is 9.18 Å². The van der Waals surface area contributed by atoms with Crippen LogP contribution in [0.4, 0.5) is 4.39 Å². The van der Waals surface area contributed by atoms with Crippen molar-refractivity contribution in [2.24, 2.45) is 11.8 Å². The van der Waals surface area contributed by atoms with E-state index >= 15 is 0 Å². The van der Waals surface area contributed by atoms with Crippen LogP contribution in [0.15, 0.2) is 18.5 Å². The van der Waals surface area contributed by atoms with Crippen molar-refractivity contribution in [3.8, 4) is 0 Å². The van der Waals surface area contributed by atoms with Crippen molar-refractivity contribution in [3.63, 3.8) is 0 Å². The largest absolute Gasteiger partial charge is 0.340 e. The first-order chi connectivity index (χ1) is 12.5. The van der Waals surface area contributed by atoms with Crippen LogP contribution in [-0.2, 0) is 11.2 Å². The van der Waals surface area contributed by atoms with Crippen molar-refractivity contribution in [2.75, 3.05) is 26.2 Å². The Morgan fingerprint density at radius 1 is 1.15 bits per heavy atom. The summed E-state index contributed by atoms with van der Waals surface area (Å²) in [7, 11) is 0. The predicted molar refractivity (Wildman–Crippen MR) is 101 cm³/mol. The molecule has 0 radical (unpaired) electrons. The number of hydrogen-bond donors (Lipinski definition) is 0. The van der Waals surface area contributed by atoms with E-state index in [1.54, 1.807) is 6.20 Å². The monoisotopic (exact) mass is 361 g/mol. The minimum absolute atomic E-state index is 0.178. The molecule has 1 amide bonds. The zero-order valence-electron chi connectivity index (χ0n) is 16.2. The second-order valence-electron chi connectivity index (χ2n) is 8.24. The van der Waals surface area contributed by atoms with Gasteiger partial charge in [-0.05, 0) is 55.6 Å². The van der Waals surface area contributed by atoms with Crippen LogP contribution < -0.4 is 0 Å². The van der Waals surface area contributed by atoms with Gasteiger partial charge in [0.15, 0.2) is 0 Å². The normalized spacial score (nSPS) is 24.8. The van der Waals surface area contributed by atoms with Crippen molar-refractivity contribution in [1.82, 2.24) is 14.8 Å². The molecule has 1 saturated carbocycles.